The standard InChI is InChI=1S/C6H14O6.BrH.Na/c7-1-3(9)5(11)6(12)4(10)2-8;;/h3-12H,1-2H2;1H;/q;;+1/p-1/t3-,4+,5-,6-;;/m1../s1. The van der Waals surface area contributed by atoms with Crippen LogP contribution in [-0.2, 0) is 0 Å². The van der Waals surface area contributed by atoms with E-state index < -0.39 is 37.6 Å². The number of aliphatic hydroxyl groups excluding tert-OH is 6. The number of halogens is 1. The molecule has 0 aliphatic rings. The minimum absolute atomic E-state index is 0. The Hall–Kier alpha value is 1.24. The van der Waals surface area contributed by atoms with E-state index in [-0.39, 0.29) is 46.5 Å². The zero-order valence-electron chi connectivity index (χ0n) is 7.78. The maximum atomic E-state index is 8.96. The van der Waals surface area contributed by atoms with Crippen molar-refractivity contribution in [2.75, 3.05) is 13.2 Å². The Morgan fingerprint density at radius 3 is 1.07 bits per heavy atom. The van der Waals surface area contributed by atoms with Gasteiger partial charge in [0.05, 0.1) is 13.2 Å². The number of hydrogen-bond donors (Lipinski definition) is 6. The molecule has 8 heteroatoms. The first-order valence-electron chi connectivity index (χ1n) is 3.48. The van der Waals surface area contributed by atoms with Crippen LogP contribution in [0.15, 0.2) is 0 Å². The van der Waals surface area contributed by atoms with Gasteiger partial charge in [0, 0.05) is 0 Å². The van der Waals surface area contributed by atoms with E-state index in [0.29, 0.717) is 0 Å². The zero-order chi connectivity index (χ0) is 9.72. The van der Waals surface area contributed by atoms with Crippen molar-refractivity contribution in [3.63, 3.8) is 0 Å². The molecule has 0 aromatic rings. The van der Waals surface area contributed by atoms with E-state index >= 15 is 0 Å². The van der Waals surface area contributed by atoms with Crippen LogP contribution in [0.1, 0.15) is 0 Å². The van der Waals surface area contributed by atoms with Gasteiger partial charge in [0.1, 0.15) is 24.4 Å². The van der Waals surface area contributed by atoms with Gasteiger partial charge in [-0.05, 0) is 0 Å². The van der Waals surface area contributed by atoms with Crippen molar-refractivity contribution in [2.45, 2.75) is 24.4 Å². The van der Waals surface area contributed by atoms with E-state index in [9.17, 15) is 0 Å². The zero-order valence-corrected chi connectivity index (χ0v) is 11.4. The second-order valence-electron chi connectivity index (χ2n) is 2.48. The molecule has 0 aromatic carbocycles. The normalized spacial score (nSPS) is 18.4. The van der Waals surface area contributed by atoms with Gasteiger partial charge in [-0.2, -0.15) is 0 Å². The first kappa shape index (κ1) is 20.6. The maximum Gasteiger partial charge on any atom is 1.00 e. The fourth-order valence-electron chi connectivity index (χ4n) is 0.671. The van der Waals surface area contributed by atoms with E-state index in [1.165, 1.54) is 0 Å². The Morgan fingerprint density at radius 1 is 0.714 bits per heavy atom. The summed E-state index contributed by atoms with van der Waals surface area (Å²) < 4.78 is 0. The molecule has 0 aliphatic heterocycles. The number of aliphatic hydroxyl groups is 6. The molecule has 0 amide bonds. The van der Waals surface area contributed by atoms with Crippen molar-refractivity contribution in [3.8, 4) is 0 Å². The summed E-state index contributed by atoms with van der Waals surface area (Å²) in [7, 11) is 0. The summed E-state index contributed by atoms with van der Waals surface area (Å²) >= 11 is 0. The summed E-state index contributed by atoms with van der Waals surface area (Å²) in [6, 6.07) is 0. The van der Waals surface area contributed by atoms with Gasteiger partial charge in [0.25, 0.3) is 0 Å². The first-order valence-corrected chi connectivity index (χ1v) is 3.48. The van der Waals surface area contributed by atoms with Gasteiger partial charge in [-0.15, -0.1) is 0 Å². The molecule has 0 unspecified atom stereocenters. The minimum atomic E-state index is -1.67. The molecular weight excluding hydrogens is 271 g/mol. The molecule has 0 aliphatic carbocycles. The summed E-state index contributed by atoms with van der Waals surface area (Å²) in [5, 5.41) is 52.2. The number of hydrogen-bond acceptors (Lipinski definition) is 6. The van der Waals surface area contributed by atoms with Crippen LogP contribution in [0.3, 0.4) is 0 Å². The third-order valence-electron chi connectivity index (χ3n) is 1.51. The monoisotopic (exact) mass is 284 g/mol. The summed E-state index contributed by atoms with van der Waals surface area (Å²) in [4.78, 5) is 0. The van der Waals surface area contributed by atoms with Gasteiger partial charge < -0.3 is 47.6 Å². The predicted molar refractivity (Wildman–Crippen MR) is 38.2 cm³/mol. The Labute approximate surface area is 114 Å². The topological polar surface area (TPSA) is 121 Å². The molecule has 0 fully saturated rings. The van der Waals surface area contributed by atoms with Crippen LogP contribution in [0, 0.1) is 0 Å². The van der Waals surface area contributed by atoms with Crippen LogP contribution >= 0.6 is 0 Å². The van der Waals surface area contributed by atoms with Crippen molar-refractivity contribution in [1.82, 2.24) is 0 Å². The van der Waals surface area contributed by atoms with Crippen molar-refractivity contribution in [2.24, 2.45) is 0 Å². The molecule has 6 N–H and O–H groups in total. The molecular formula is C6H14BrNaO6. The molecule has 0 aromatic heterocycles. The van der Waals surface area contributed by atoms with Crippen LogP contribution < -0.4 is 46.5 Å². The summed E-state index contributed by atoms with van der Waals surface area (Å²) in [6.45, 7) is -1.45. The number of rotatable bonds is 5. The fourth-order valence-corrected chi connectivity index (χ4v) is 0.671. The van der Waals surface area contributed by atoms with Crippen molar-refractivity contribution in [1.29, 1.82) is 0 Å². The van der Waals surface area contributed by atoms with Crippen molar-refractivity contribution >= 4 is 0 Å². The average Bonchev–Trinajstić information content (AvgIpc) is 2.12. The molecule has 0 radical (unpaired) electrons. The molecule has 14 heavy (non-hydrogen) atoms. The summed E-state index contributed by atoms with van der Waals surface area (Å²) in [5.74, 6) is 0. The molecule has 0 spiro atoms. The van der Waals surface area contributed by atoms with Gasteiger partial charge >= 0.3 is 29.6 Å². The first-order chi connectivity index (χ1) is 5.54. The van der Waals surface area contributed by atoms with Crippen LogP contribution in [0.25, 0.3) is 0 Å². The van der Waals surface area contributed by atoms with E-state index in [1.807, 2.05) is 0 Å². The average molecular weight is 285 g/mol. The van der Waals surface area contributed by atoms with E-state index in [4.69, 9.17) is 30.6 Å². The second-order valence-corrected chi connectivity index (χ2v) is 2.48. The van der Waals surface area contributed by atoms with Crippen LogP contribution in [-0.4, -0.2) is 68.3 Å². The van der Waals surface area contributed by atoms with Crippen molar-refractivity contribution < 1.29 is 77.2 Å². The van der Waals surface area contributed by atoms with E-state index in [0.717, 1.165) is 0 Å². The van der Waals surface area contributed by atoms with Gasteiger partial charge in [-0.1, -0.05) is 0 Å². The van der Waals surface area contributed by atoms with Gasteiger partial charge in [0.15, 0.2) is 0 Å². The second kappa shape index (κ2) is 10.7. The minimum Gasteiger partial charge on any atom is -1.00 e. The summed E-state index contributed by atoms with van der Waals surface area (Å²) in [5.41, 5.74) is 0. The molecule has 4 atom stereocenters. The molecule has 0 heterocycles. The quantitative estimate of drug-likeness (QED) is 0.279. The Kier molecular flexibility index (Phi) is 15.8. The fraction of sp³-hybridized carbons (Fsp3) is 1.00. The largest absolute Gasteiger partial charge is 1.00 e. The molecule has 0 saturated heterocycles. The Balaban J connectivity index is -0.000000605. The van der Waals surface area contributed by atoms with E-state index in [2.05, 4.69) is 0 Å². The molecule has 0 bridgehead atoms. The molecule has 6 nitrogen and oxygen atoms in total. The van der Waals surface area contributed by atoms with Crippen molar-refractivity contribution in [3.05, 3.63) is 0 Å². The molecule has 0 rings (SSSR count). The Bertz CT molecular complexity index is 115. The van der Waals surface area contributed by atoms with Gasteiger partial charge in [0.2, 0.25) is 0 Å². The Morgan fingerprint density at radius 2 is 0.929 bits per heavy atom. The van der Waals surface area contributed by atoms with Gasteiger partial charge in [-0.3, -0.25) is 0 Å². The molecule has 82 valence electrons. The van der Waals surface area contributed by atoms with Gasteiger partial charge in [-0.25, -0.2) is 0 Å². The third kappa shape index (κ3) is 6.67. The summed E-state index contributed by atoms with van der Waals surface area (Å²) in [6.07, 6.45) is -6.39. The van der Waals surface area contributed by atoms with Crippen LogP contribution in [0.2, 0.25) is 0 Å². The SMILES string of the molecule is OC[C@@H](O)[C@@H](O)[C@H](O)[C@@H](O)CO.[Br-].[Na+]. The van der Waals surface area contributed by atoms with Crippen LogP contribution in [0.5, 0.6) is 0 Å². The van der Waals surface area contributed by atoms with Crippen LogP contribution in [0.4, 0.5) is 0 Å². The smallest absolute Gasteiger partial charge is 1.00 e. The maximum absolute atomic E-state index is 8.96. The third-order valence-corrected chi connectivity index (χ3v) is 1.51. The molecule has 0 saturated carbocycles. The van der Waals surface area contributed by atoms with E-state index in [1.54, 1.807) is 0 Å². The predicted octanol–water partition coefficient (Wildman–Crippen LogP) is -9.58.